The van der Waals surface area contributed by atoms with Gasteiger partial charge in [0.2, 0.25) is 5.91 Å². The van der Waals surface area contributed by atoms with Crippen molar-refractivity contribution in [3.63, 3.8) is 0 Å². The van der Waals surface area contributed by atoms with Gasteiger partial charge in [0, 0.05) is 19.0 Å². The number of allylic oxidation sites excluding steroid dienone is 1. The lowest BCUT2D eigenvalue weighted by molar-refractivity contribution is -0.116. The highest BCUT2D eigenvalue weighted by Gasteiger charge is 2.07. The molecule has 1 amide bonds. The number of aromatic nitrogens is 2. The maximum Gasteiger partial charge on any atom is 0.243 e. The molecular formula is C17H21N3O. The van der Waals surface area contributed by atoms with Gasteiger partial charge in [-0.2, -0.15) is 0 Å². The van der Waals surface area contributed by atoms with Gasteiger partial charge < -0.3 is 10.3 Å². The van der Waals surface area contributed by atoms with Crippen LogP contribution in [0, 0.1) is 0 Å². The molecule has 1 saturated carbocycles. The summed E-state index contributed by atoms with van der Waals surface area (Å²) in [5, 5.41) is 2.95. The number of carbonyl (C=O) groups excluding carboxylic acids is 1. The second-order valence-electron chi connectivity index (χ2n) is 5.60. The lowest BCUT2D eigenvalue weighted by Crippen LogP contribution is -2.24. The van der Waals surface area contributed by atoms with E-state index in [9.17, 15) is 4.79 Å². The Hall–Kier alpha value is -2.10. The topological polar surface area (TPSA) is 57.8 Å². The minimum absolute atomic E-state index is 0.0306. The summed E-state index contributed by atoms with van der Waals surface area (Å²) in [5.74, 6) is 0.949. The van der Waals surface area contributed by atoms with Crippen molar-refractivity contribution in [3.05, 3.63) is 41.7 Å². The number of rotatable bonds is 4. The number of hydrogen-bond acceptors (Lipinski definition) is 2. The van der Waals surface area contributed by atoms with Gasteiger partial charge in [0.05, 0.1) is 11.0 Å². The minimum Gasteiger partial charge on any atom is -0.352 e. The molecule has 0 saturated heterocycles. The molecule has 0 aliphatic heterocycles. The third-order valence-electron chi connectivity index (χ3n) is 3.93. The minimum atomic E-state index is 0.0306. The van der Waals surface area contributed by atoms with E-state index in [1.165, 1.54) is 24.8 Å². The van der Waals surface area contributed by atoms with Crippen LogP contribution < -0.4 is 5.32 Å². The Kier molecular flexibility index (Phi) is 4.34. The number of nitrogens with zero attached hydrogens (tertiary/aromatic N) is 1. The molecule has 2 aromatic rings. The van der Waals surface area contributed by atoms with Gasteiger partial charge in [-0.05, 0) is 37.8 Å². The van der Waals surface area contributed by atoms with E-state index >= 15 is 0 Å². The number of aromatic amines is 1. The summed E-state index contributed by atoms with van der Waals surface area (Å²) >= 11 is 0. The van der Waals surface area contributed by atoms with Crippen LogP contribution in [0.15, 0.2) is 35.9 Å². The second-order valence-corrected chi connectivity index (χ2v) is 5.60. The first kappa shape index (κ1) is 13.9. The molecule has 1 heterocycles. The van der Waals surface area contributed by atoms with Gasteiger partial charge in [0.1, 0.15) is 5.82 Å². The van der Waals surface area contributed by atoms with Crippen molar-refractivity contribution in [2.24, 2.45) is 0 Å². The fraction of sp³-hybridized carbons (Fsp3) is 0.412. The number of amides is 1. The Balaban J connectivity index is 1.50. The number of fused-ring (bicyclic) bond motifs is 1. The second kappa shape index (κ2) is 6.57. The predicted molar refractivity (Wildman–Crippen MR) is 84.0 cm³/mol. The molecule has 1 aliphatic rings. The van der Waals surface area contributed by atoms with Gasteiger partial charge in [-0.25, -0.2) is 4.98 Å². The Morgan fingerprint density at radius 2 is 2.05 bits per heavy atom. The molecule has 110 valence electrons. The van der Waals surface area contributed by atoms with E-state index in [2.05, 4.69) is 15.3 Å². The summed E-state index contributed by atoms with van der Waals surface area (Å²) in [6.07, 6.45) is 8.41. The monoisotopic (exact) mass is 283 g/mol. The molecule has 0 spiro atoms. The number of nitrogens with one attached hydrogen (secondary N) is 2. The molecule has 0 radical (unpaired) electrons. The maximum absolute atomic E-state index is 11.9. The number of benzene rings is 1. The molecule has 0 unspecified atom stereocenters. The fourth-order valence-electron chi connectivity index (χ4n) is 2.81. The summed E-state index contributed by atoms with van der Waals surface area (Å²) < 4.78 is 0. The first-order valence-corrected chi connectivity index (χ1v) is 7.72. The van der Waals surface area contributed by atoms with Crippen LogP contribution in [-0.4, -0.2) is 22.4 Å². The third kappa shape index (κ3) is 3.72. The van der Waals surface area contributed by atoms with Crippen LogP contribution in [0.5, 0.6) is 0 Å². The van der Waals surface area contributed by atoms with Gasteiger partial charge in [0.25, 0.3) is 0 Å². The predicted octanol–water partition coefficient (Wildman–Crippen LogP) is 3.11. The van der Waals surface area contributed by atoms with Crippen molar-refractivity contribution in [2.75, 3.05) is 6.54 Å². The summed E-state index contributed by atoms with van der Waals surface area (Å²) in [5.41, 5.74) is 3.31. The molecular weight excluding hydrogens is 262 g/mol. The number of hydrogen-bond donors (Lipinski definition) is 2. The maximum atomic E-state index is 11.9. The lowest BCUT2D eigenvalue weighted by atomic mass is 9.95. The van der Waals surface area contributed by atoms with Crippen LogP contribution >= 0.6 is 0 Å². The van der Waals surface area contributed by atoms with Crippen molar-refractivity contribution < 1.29 is 4.79 Å². The highest BCUT2D eigenvalue weighted by molar-refractivity contribution is 5.88. The van der Waals surface area contributed by atoms with Gasteiger partial charge in [-0.1, -0.05) is 24.1 Å². The fourth-order valence-corrected chi connectivity index (χ4v) is 2.81. The van der Waals surface area contributed by atoms with E-state index in [0.717, 1.165) is 36.1 Å². The standard InChI is InChI=1S/C17H21N3O/c21-17(12-13-6-2-1-3-7-13)18-11-10-16-19-14-8-4-5-9-15(14)20-16/h4-5,8-9,12H,1-3,6-7,10-11H2,(H,18,21)(H,19,20). The zero-order valence-corrected chi connectivity index (χ0v) is 12.2. The summed E-state index contributed by atoms with van der Waals surface area (Å²) in [6.45, 7) is 0.614. The van der Waals surface area contributed by atoms with Gasteiger partial charge in [0.15, 0.2) is 0 Å². The summed E-state index contributed by atoms with van der Waals surface area (Å²) in [7, 11) is 0. The number of para-hydroxylation sites is 2. The zero-order valence-electron chi connectivity index (χ0n) is 12.2. The Morgan fingerprint density at radius 3 is 2.86 bits per heavy atom. The van der Waals surface area contributed by atoms with Gasteiger partial charge in [-0.15, -0.1) is 0 Å². The lowest BCUT2D eigenvalue weighted by Gasteiger charge is -2.13. The number of H-pyrrole nitrogens is 1. The van der Waals surface area contributed by atoms with Crippen LogP contribution in [0.25, 0.3) is 11.0 Å². The smallest absolute Gasteiger partial charge is 0.243 e. The van der Waals surface area contributed by atoms with E-state index in [1.54, 1.807) is 6.08 Å². The van der Waals surface area contributed by atoms with Crippen molar-refractivity contribution in [1.82, 2.24) is 15.3 Å². The molecule has 0 atom stereocenters. The van der Waals surface area contributed by atoms with E-state index in [1.807, 2.05) is 24.3 Å². The van der Waals surface area contributed by atoms with Crippen LogP contribution in [0.4, 0.5) is 0 Å². The number of imidazole rings is 1. The summed E-state index contributed by atoms with van der Waals surface area (Å²) in [4.78, 5) is 19.6. The van der Waals surface area contributed by atoms with Gasteiger partial charge in [-0.3, -0.25) is 4.79 Å². The Bertz CT molecular complexity index is 616. The molecule has 4 heteroatoms. The largest absolute Gasteiger partial charge is 0.352 e. The first-order chi connectivity index (χ1) is 10.3. The molecule has 1 fully saturated rings. The highest BCUT2D eigenvalue weighted by Crippen LogP contribution is 2.22. The van der Waals surface area contributed by atoms with Crippen molar-refractivity contribution >= 4 is 16.9 Å². The van der Waals surface area contributed by atoms with Crippen LogP contribution in [-0.2, 0) is 11.2 Å². The molecule has 1 aromatic heterocycles. The van der Waals surface area contributed by atoms with Crippen LogP contribution in [0.2, 0.25) is 0 Å². The molecule has 21 heavy (non-hydrogen) atoms. The van der Waals surface area contributed by atoms with Crippen molar-refractivity contribution in [2.45, 2.75) is 38.5 Å². The van der Waals surface area contributed by atoms with E-state index in [4.69, 9.17) is 0 Å². The summed E-state index contributed by atoms with van der Waals surface area (Å²) in [6, 6.07) is 7.97. The van der Waals surface area contributed by atoms with E-state index in [0.29, 0.717) is 6.54 Å². The quantitative estimate of drug-likeness (QED) is 0.847. The average molecular weight is 283 g/mol. The molecule has 4 nitrogen and oxygen atoms in total. The van der Waals surface area contributed by atoms with E-state index < -0.39 is 0 Å². The highest BCUT2D eigenvalue weighted by atomic mass is 16.1. The number of carbonyl (C=O) groups is 1. The van der Waals surface area contributed by atoms with Crippen molar-refractivity contribution in [3.8, 4) is 0 Å². The Labute approximate surface area is 124 Å². The Morgan fingerprint density at radius 1 is 1.24 bits per heavy atom. The van der Waals surface area contributed by atoms with Crippen molar-refractivity contribution in [1.29, 1.82) is 0 Å². The van der Waals surface area contributed by atoms with Gasteiger partial charge >= 0.3 is 0 Å². The van der Waals surface area contributed by atoms with Crippen LogP contribution in [0.1, 0.15) is 37.9 Å². The third-order valence-corrected chi connectivity index (χ3v) is 3.93. The van der Waals surface area contributed by atoms with Crippen LogP contribution in [0.3, 0.4) is 0 Å². The molecule has 1 aromatic carbocycles. The molecule has 3 rings (SSSR count). The SMILES string of the molecule is O=C(C=C1CCCCC1)NCCc1nc2ccccc2[nH]1. The average Bonchev–Trinajstić information content (AvgIpc) is 2.91. The first-order valence-electron chi connectivity index (χ1n) is 7.72. The van der Waals surface area contributed by atoms with E-state index in [-0.39, 0.29) is 5.91 Å². The molecule has 0 bridgehead atoms. The molecule has 1 aliphatic carbocycles. The zero-order chi connectivity index (χ0) is 14.5. The normalized spacial score (nSPS) is 15.1. The molecule has 2 N–H and O–H groups in total.